The van der Waals surface area contributed by atoms with E-state index >= 15 is 0 Å². The highest BCUT2D eigenvalue weighted by molar-refractivity contribution is 7.89. The molecule has 7 heteroatoms. The van der Waals surface area contributed by atoms with Gasteiger partial charge in [-0.05, 0) is 11.6 Å². The van der Waals surface area contributed by atoms with Crippen LogP contribution in [0, 0.1) is 0 Å². The summed E-state index contributed by atoms with van der Waals surface area (Å²) in [6.07, 6.45) is 1.41. The van der Waals surface area contributed by atoms with Crippen LogP contribution in [0.1, 0.15) is 5.56 Å². The zero-order valence-electron chi connectivity index (χ0n) is 10.2. The maximum Gasteiger partial charge on any atom is 0.260 e. The lowest BCUT2D eigenvalue weighted by molar-refractivity contribution is 0.423. The topological polar surface area (TPSA) is 66.1 Å². The lowest BCUT2D eigenvalue weighted by Gasteiger charge is -2.20. The van der Waals surface area contributed by atoms with Crippen LogP contribution in [0.5, 0.6) is 0 Å². The Morgan fingerprint density at radius 2 is 1.95 bits per heavy atom. The number of aromatic amines is 1. The number of hydrogen-bond acceptors (Lipinski definition) is 3. The van der Waals surface area contributed by atoms with Crippen LogP contribution in [-0.2, 0) is 16.6 Å². The van der Waals surface area contributed by atoms with Gasteiger partial charge in [0.15, 0.2) is 5.03 Å². The smallest absolute Gasteiger partial charge is 0.260 e. The number of alkyl halides is 1. The molecule has 5 nitrogen and oxygen atoms in total. The second-order valence-corrected chi connectivity index (χ2v) is 6.22. The van der Waals surface area contributed by atoms with Gasteiger partial charge in [-0.2, -0.15) is 9.40 Å². The van der Waals surface area contributed by atoms with Crippen LogP contribution in [0.2, 0.25) is 0 Å². The number of nitrogens with zero attached hydrogens (tertiary/aromatic N) is 2. The van der Waals surface area contributed by atoms with Crippen molar-refractivity contribution in [1.29, 1.82) is 0 Å². The molecule has 2 rings (SSSR count). The lowest BCUT2D eigenvalue weighted by Crippen LogP contribution is -2.32. The van der Waals surface area contributed by atoms with Gasteiger partial charge in [-0.15, -0.1) is 11.6 Å². The molecule has 0 aliphatic heterocycles. The minimum atomic E-state index is -3.59. The van der Waals surface area contributed by atoms with Crippen molar-refractivity contribution in [3.8, 4) is 0 Å². The number of H-pyrrole nitrogens is 1. The predicted octanol–water partition coefficient (Wildman–Crippen LogP) is 1.84. The quantitative estimate of drug-likeness (QED) is 0.828. The first-order valence-electron chi connectivity index (χ1n) is 5.74. The number of benzene rings is 1. The highest BCUT2D eigenvalue weighted by atomic mass is 35.5. The molecular weight excluding hydrogens is 286 g/mol. The summed E-state index contributed by atoms with van der Waals surface area (Å²) in [7, 11) is -3.59. The molecule has 102 valence electrons. The Labute approximate surface area is 117 Å². The Hall–Kier alpha value is -1.37. The fraction of sp³-hybridized carbons (Fsp3) is 0.250. The number of sulfonamides is 1. The van der Waals surface area contributed by atoms with Crippen LogP contribution in [0.15, 0.2) is 47.6 Å². The van der Waals surface area contributed by atoms with Crippen molar-refractivity contribution in [2.45, 2.75) is 11.6 Å². The first kappa shape index (κ1) is 14.0. The van der Waals surface area contributed by atoms with Gasteiger partial charge in [0.05, 0.1) is 6.20 Å². The van der Waals surface area contributed by atoms with Crippen molar-refractivity contribution in [2.75, 3.05) is 12.4 Å². The molecule has 0 atom stereocenters. The molecule has 0 amide bonds. The summed E-state index contributed by atoms with van der Waals surface area (Å²) in [5.41, 5.74) is 0.913. The maximum absolute atomic E-state index is 12.4. The van der Waals surface area contributed by atoms with Gasteiger partial charge in [0, 0.05) is 19.0 Å². The zero-order valence-corrected chi connectivity index (χ0v) is 11.7. The molecule has 0 saturated carbocycles. The number of halogens is 1. The minimum Gasteiger partial charge on any atom is -0.266 e. The predicted molar refractivity (Wildman–Crippen MR) is 73.3 cm³/mol. The summed E-state index contributed by atoms with van der Waals surface area (Å²) in [5.74, 6) is 0.236. The summed E-state index contributed by atoms with van der Waals surface area (Å²) >= 11 is 5.70. The van der Waals surface area contributed by atoms with E-state index in [-0.39, 0.29) is 24.0 Å². The number of rotatable bonds is 6. The average Bonchev–Trinajstić information content (AvgIpc) is 2.94. The van der Waals surface area contributed by atoms with Crippen molar-refractivity contribution < 1.29 is 8.42 Å². The largest absolute Gasteiger partial charge is 0.266 e. The molecule has 0 bridgehead atoms. The highest BCUT2D eigenvalue weighted by Crippen LogP contribution is 2.16. The van der Waals surface area contributed by atoms with E-state index in [0.717, 1.165) is 5.56 Å². The molecule has 19 heavy (non-hydrogen) atoms. The van der Waals surface area contributed by atoms with Gasteiger partial charge in [0.1, 0.15) is 0 Å². The Morgan fingerprint density at radius 1 is 1.21 bits per heavy atom. The van der Waals surface area contributed by atoms with Crippen LogP contribution in [-0.4, -0.2) is 35.3 Å². The molecule has 1 heterocycles. The van der Waals surface area contributed by atoms with Gasteiger partial charge < -0.3 is 0 Å². The van der Waals surface area contributed by atoms with E-state index in [1.54, 1.807) is 0 Å². The van der Waals surface area contributed by atoms with Crippen molar-refractivity contribution in [3.05, 3.63) is 48.2 Å². The van der Waals surface area contributed by atoms with Gasteiger partial charge in [-0.1, -0.05) is 30.3 Å². The van der Waals surface area contributed by atoms with E-state index in [1.165, 1.54) is 16.6 Å². The summed E-state index contributed by atoms with van der Waals surface area (Å²) < 4.78 is 26.1. The average molecular weight is 300 g/mol. The molecule has 2 aromatic rings. The molecular formula is C12H14ClN3O2S. The Balaban J connectivity index is 2.26. The van der Waals surface area contributed by atoms with Crippen LogP contribution in [0.3, 0.4) is 0 Å². The molecule has 0 radical (unpaired) electrons. The summed E-state index contributed by atoms with van der Waals surface area (Å²) in [6, 6.07) is 10.8. The molecule has 0 spiro atoms. The number of nitrogens with one attached hydrogen (secondary N) is 1. The third-order valence-electron chi connectivity index (χ3n) is 2.63. The van der Waals surface area contributed by atoms with Gasteiger partial charge in [-0.25, -0.2) is 8.42 Å². The number of aromatic nitrogens is 2. The summed E-state index contributed by atoms with van der Waals surface area (Å²) in [4.78, 5) is 0. The molecule has 0 saturated heterocycles. The second-order valence-electron chi connectivity index (χ2n) is 3.93. The molecule has 0 aliphatic carbocycles. The van der Waals surface area contributed by atoms with E-state index in [1.807, 2.05) is 30.3 Å². The van der Waals surface area contributed by atoms with Crippen LogP contribution in [0.25, 0.3) is 0 Å². The molecule has 1 N–H and O–H groups in total. The summed E-state index contributed by atoms with van der Waals surface area (Å²) in [6.45, 7) is 0.534. The molecule has 1 aromatic heterocycles. The maximum atomic E-state index is 12.4. The molecule has 0 fully saturated rings. The van der Waals surface area contributed by atoms with Crippen LogP contribution >= 0.6 is 11.6 Å². The minimum absolute atomic E-state index is 0.0774. The second kappa shape index (κ2) is 6.18. The zero-order chi connectivity index (χ0) is 13.7. The van der Waals surface area contributed by atoms with E-state index in [2.05, 4.69) is 10.2 Å². The van der Waals surface area contributed by atoms with E-state index in [4.69, 9.17) is 11.6 Å². The first-order valence-corrected chi connectivity index (χ1v) is 7.71. The molecule has 1 aromatic carbocycles. The molecule has 0 unspecified atom stereocenters. The fourth-order valence-electron chi connectivity index (χ4n) is 1.69. The first-order chi connectivity index (χ1) is 9.14. The fourth-order valence-corrected chi connectivity index (χ4v) is 3.33. The normalized spacial score (nSPS) is 11.9. The third-order valence-corrected chi connectivity index (χ3v) is 4.57. The third kappa shape index (κ3) is 3.34. The van der Waals surface area contributed by atoms with Gasteiger partial charge in [0.25, 0.3) is 10.0 Å². The molecule has 0 aliphatic rings. The van der Waals surface area contributed by atoms with Crippen molar-refractivity contribution in [1.82, 2.24) is 14.5 Å². The standard InChI is InChI=1S/C12H14ClN3O2S/c13-7-9-16(10-11-4-2-1-3-5-11)19(17,18)12-6-8-14-15-12/h1-6,8H,7,9-10H2,(H,14,15). The van der Waals surface area contributed by atoms with E-state index in [9.17, 15) is 8.42 Å². The van der Waals surface area contributed by atoms with Crippen molar-refractivity contribution in [2.24, 2.45) is 0 Å². The van der Waals surface area contributed by atoms with Gasteiger partial charge in [0.2, 0.25) is 0 Å². The van der Waals surface area contributed by atoms with Crippen molar-refractivity contribution >= 4 is 21.6 Å². The SMILES string of the molecule is O=S(=O)(c1ccn[nH]1)N(CCCl)Cc1ccccc1. The van der Waals surface area contributed by atoms with Crippen LogP contribution in [0.4, 0.5) is 0 Å². The Morgan fingerprint density at radius 3 is 2.53 bits per heavy atom. The van der Waals surface area contributed by atoms with E-state index in [0.29, 0.717) is 0 Å². The van der Waals surface area contributed by atoms with Gasteiger partial charge in [-0.3, -0.25) is 5.10 Å². The van der Waals surface area contributed by atoms with Gasteiger partial charge >= 0.3 is 0 Å². The lowest BCUT2D eigenvalue weighted by atomic mass is 10.2. The van der Waals surface area contributed by atoms with E-state index < -0.39 is 10.0 Å². The van der Waals surface area contributed by atoms with Crippen LogP contribution < -0.4 is 0 Å². The van der Waals surface area contributed by atoms with Crippen molar-refractivity contribution in [3.63, 3.8) is 0 Å². The monoisotopic (exact) mass is 299 g/mol. The highest BCUT2D eigenvalue weighted by Gasteiger charge is 2.25. The summed E-state index contributed by atoms with van der Waals surface area (Å²) in [5, 5.41) is 6.23. The Kier molecular flexibility index (Phi) is 4.57. The number of hydrogen-bond donors (Lipinski definition) is 1. The Bertz CT molecular complexity index is 599.